The zero-order valence-corrected chi connectivity index (χ0v) is 78.6. The van der Waals surface area contributed by atoms with Crippen LogP contribution >= 0.6 is 0 Å². The highest BCUT2D eigenvalue weighted by atomic mass is 16.5. The number of anilines is 1. The predicted molar refractivity (Wildman–Crippen MR) is 509 cm³/mol. The number of hydrogen-bond acceptors (Lipinski definition) is 25. The summed E-state index contributed by atoms with van der Waals surface area (Å²) < 4.78 is 9.28. The number of nitrogens with zero attached hydrogens (tertiary/aromatic N) is 7. The van der Waals surface area contributed by atoms with E-state index in [1.807, 2.05) is 212 Å². The van der Waals surface area contributed by atoms with Gasteiger partial charge in [0.25, 0.3) is 0 Å². The molecule has 10 rings (SSSR count). The first kappa shape index (κ1) is 115. The first-order valence-corrected chi connectivity index (χ1v) is 44.9. The molecule has 22 N–H and O–H groups in total. The van der Waals surface area contributed by atoms with Crippen molar-refractivity contribution in [2.24, 2.45) is 23.7 Å². The van der Waals surface area contributed by atoms with Crippen LogP contribution in [0.4, 0.5) is 5.69 Å². The maximum Gasteiger partial charge on any atom is 0.322 e. The largest absolute Gasteiger partial charge is 0.480 e. The summed E-state index contributed by atoms with van der Waals surface area (Å²) in [5.74, 6) is -12.3. The third-order valence-corrected chi connectivity index (χ3v) is 20.7. The minimum absolute atomic E-state index is 0.103. The van der Waals surface area contributed by atoms with Crippen molar-refractivity contribution in [3.05, 3.63) is 265 Å². The van der Waals surface area contributed by atoms with Crippen LogP contribution in [-0.4, -0.2) is 261 Å². The molecule has 0 amide bonds. The smallest absolute Gasteiger partial charge is 0.322 e. The number of carboxylic acids is 12. The Morgan fingerprint density at radius 3 is 1.01 bits per heavy atom. The van der Waals surface area contributed by atoms with Crippen LogP contribution in [0.1, 0.15) is 138 Å². The molecule has 5 aromatic heterocycles. The minimum atomic E-state index is -1.10. The molecule has 0 saturated carbocycles. The summed E-state index contributed by atoms with van der Waals surface area (Å²) in [6.45, 7) is 16.6. The van der Waals surface area contributed by atoms with Gasteiger partial charge in [-0.2, -0.15) is 0 Å². The summed E-state index contributed by atoms with van der Waals surface area (Å²) in [5, 5.41) is 131. The first-order valence-electron chi connectivity index (χ1n) is 44.9. The van der Waals surface area contributed by atoms with Gasteiger partial charge < -0.3 is 95.4 Å². The third kappa shape index (κ3) is 46.6. The number of H-pyrrole nitrogens is 3. The molecule has 0 bridgehead atoms. The summed E-state index contributed by atoms with van der Waals surface area (Å²) >= 11 is 0. The molecule has 0 aliphatic heterocycles. The molecule has 42 heteroatoms. The van der Waals surface area contributed by atoms with E-state index in [4.69, 9.17) is 20.1 Å². The Balaban J connectivity index is 0.000000296. The van der Waals surface area contributed by atoms with Gasteiger partial charge in [0.05, 0.1) is 43.9 Å². The van der Waals surface area contributed by atoms with Gasteiger partial charge in [0.15, 0.2) is 0 Å². The molecule has 139 heavy (non-hydrogen) atoms. The van der Waals surface area contributed by atoms with Crippen molar-refractivity contribution in [2.45, 2.75) is 225 Å². The van der Waals surface area contributed by atoms with Crippen molar-refractivity contribution < 1.29 is 124 Å². The molecule has 5 aromatic carbocycles. The van der Waals surface area contributed by atoms with Gasteiger partial charge in [-0.25, -0.2) is 24.9 Å². The van der Waals surface area contributed by atoms with E-state index in [0.29, 0.717) is 80.1 Å². The summed E-state index contributed by atoms with van der Waals surface area (Å²) in [7, 11) is 0. The lowest BCUT2D eigenvalue weighted by atomic mass is 10.0. The summed E-state index contributed by atoms with van der Waals surface area (Å²) in [6.07, 6.45) is 18.7. The molecule has 5 heterocycles. The Labute approximate surface area is 803 Å². The van der Waals surface area contributed by atoms with Crippen molar-refractivity contribution in [1.82, 2.24) is 80.9 Å². The Morgan fingerprint density at radius 2 is 0.647 bits per heavy atom. The van der Waals surface area contributed by atoms with E-state index < -0.39 is 144 Å². The molecular weight excluding hydrogens is 1800 g/mol. The Hall–Kier alpha value is -14.7. The zero-order valence-electron chi connectivity index (χ0n) is 78.6. The lowest BCUT2D eigenvalue weighted by Crippen LogP contribution is -2.50. The summed E-state index contributed by atoms with van der Waals surface area (Å²) in [5.41, 5.74) is 7.96. The predicted octanol–water partition coefficient (Wildman–Crippen LogP) is 8.06. The third-order valence-electron chi connectivity index (χ3n) is 20.7. The minimum Gasteiger partial charge on any atom is -0.480 e. The number of carboxylic acid groups (broad SMARTS) is 12. The number of benzene rings is 5. The molecule has 6 unspecified atom stereocenters. The number of imidazole rings is 5. The van der Waals surface area contributed by atoms with E-state index in [9.17, 15) is 103 Å². The van der Waals surface area contributed by atoms with Gasteiger partial charge in [0.2, 0.25) is 0 Å². The molecule has 752 valence electrons. The summed E-state index contributed by atoms with van der Waals surface area (Å²) in [4.78, 5) is 165. The van der Waals surface area contributed by atoms with Gasteiger partial charge in [-0.05, 0) is 103 Å². The van der Waals surface area contributed by atoms with Crippen molar-refractivity contribution in [2.75, 3.05) is 11.9 Å². The number of aromatic nitrogens is 10. The van der Waals surface area contributed by atoms with E-state index in [2.05, 4.69) is 77.1 Å². The SMILES string of the molecule is CC(C)CC(N[C@@H](CNc1ccccc1)C(=O)O)C(=O)O.CC(C)CC(N[C@@H](Cc1cn(Cc2ccccc2)cn1)C(=O)O)C(=O)O.CC(C)CC(N[C@@H](Cc1cncn1COCc1ccccc1)C(=O)O)C(=O)O.CC(C)CC(N[C@H](Cc1cnc[nH]1)C(=O)O)C(=O)O.O=C(O)C(CCc1ccccc1)N[C@@H](Cc1cnc[nH]1)C(=O)O.O=C(O)C(Cc1ccccc1)N[C@@H](Cc1cnc[nH]1)C(=O)O. The number of aryl methyl sites for hydroxylation is 1. The van der Waals surface area contributed by atoms with Crippen LogP contribution in [0.15, 0.2) is 214 Å². The normalized spacial score (nSPS) is 13.6. The molecule has 0 spiro atoms. The average Bonchev–Trinajstić information content (AvgIpc) is 1.76. The van der Waals surface area contributed by atoms with Gasteiger partial charge in [-0.1, -0.05) is 195 Å². The number of rotatable bonds is 56. The van der Waals surface area contributed by atoms with Crippen molar-refractivity contribution >= 4 is 77.3 Å². The maximum atomic E-state index is 11.7. The molecule has 10 aromatic rings. The number of para-hydroxylation sites is 1. The number of aromatic amines is 3. The van der Waals surface area contributed by atoms with E-state index in [0.717, 1.165) is 27.9 Å². The van der Waals surface area contributed by atoms with Crippen LogP contribution in [0.2, 0.25) is 0 Å². The average molecular weight is 1930 g/mol. The second-order valence-electron chi connectivity index (χ2n) is 34.3. The van der Waals surface area contributed by atoms with Crippen LogP contribution < -0.4 is 37.2 Å². The molecule has 0 fully saturated rings. The number of ether oxygens (including phenoxy) is 1. The second kappa shape index (κ2) is 62.1. The van der Waals surface area contributed by atoms with Gasteiger partial charge >= 0.3 is 71.6 Å². The summed E-state index contributed by atoms with van der Waals surface area (Å²) in [6, 6.07) is 35.9. The monoisotopic (exact) mass is 1930 g/mol. The van der Waals surface area contributed by atoms with Crippen LogP contribution in [0, 0.1) is 23.7 Å². The molecule has 0 saturated heterocycles. The van der Waals surface area contributed by atoms with E-state index in [-0.39, 0.29) is 75.5 Å². The van der Waals surface area contributed by atoms with Crippen LogP contribution in [-0.2, 0) is 127 Å². The Morgan fingerprint density at radius 1 is 0.331 bits per heavy atom. The fourth-order valence-corrected chi connectivity index (χ4v) is 13.8. The van der Waals surface area contributed by atoms with E-state index in [1.54, 1.807) is 29.6 Å². The number of carbonyl (C=O) groups is 12. The fraction of sp³-hybridized carbons (Fsp3) is 0.412. The standard InChI is InChI=1S/C20H27N3O5.C19H25N3O4.C16H19N3O4.C15H17N3O4.C15H22N2O4.C12H19N3O4/c1-14(2)8-17(19(24)25)22-18(20(26)27)9-16-10-21-12-23(16)13-28-11-15-6-4-3-5-7-15;1-13(2)8-16(18(23)24)21-17(19(25)26)9-15-11-22(12-20-15)10-14-6-4-3-5-7-14;20-15(21)13(7-6-11-4-2-1-3-5-11)19-14(16(22)23)8-12-9-17-10-18-12;19-14(20)12(6-10-4-2-1-3-5-10)18-13(15(21)22)7-11-8-16-9-17-11;1-10(2)8-12(14(18)19)17-13(15(20)21)9-16-11-6-4-3-5-7-11;1-7(2)3-9(11(16)17)15-10(12(18)19)4-8-5-13-6-14-8/h3-7,10,12,14,17-18,22H,8-9,11,13H2,1-2H3,(H,24,25)(H,26,27);3-7,11-13,16-17,21H,8-10H2,1-2H3,(H,23,24)(H,25,26);1-5,9-10,13-14,19H,6-8H2,(H,17,18)(H,20,21)(H,22,23);1-5,8-9,12-13,18H,6-7H2,(H,16,17)(H,19,20)(H,21,22);3-7,10,12-13,16-17H,8-9H2,1-2H3,(H,18,19)(H,20,21);5-7,9-10,15H,3-4H2,1-2H3,(H,13,14)(H,16,17)(H,18,19)/t17?,18-;16?,17-;13?,14-;2*12?,13-;9?,10-/m000001/s1. The first-order chi connectivity index (χ1) is 66.1. The van der Waals surface area contributed by atoms with Crippen LogP contribution in [0.5, 0.6) is 0 Å². The molecule has 0 aliphatic rings. The number of nitrogens with one attached hydrogen (secondary N) is 10. The zero-order chi connectivity index (χ0) is 102. The molecule has 42 nitrogen and oxygen atoms in total. The molecular formula is C97H129N17O25. The molecule has 0 radical (unpaired) electrons. The highest BCUT2D eigenvalue weighted by molar-refractivity contribution is 5.82. The van der Waals surface area contributed by atoms with Crippen LogP contribution in [0.3, 0.4) is 0 Å². The lowest BCUT2D eigenvalue weighted by Gasteiger charge is -2.22. The highest BCUT2D eigenvalue weighted by Gasteiger charge is 2.34. The molecule has 0 aliphatic carbocycles. The molecule has 12 atom stereocenters. The highest BCUT2D eigenvalue weighted by Crippen LogP contribution is 2.18. The fourth-order valence-electron chi connectivity index (χ4n) is 13.8. The van der Waals surface area contributed by atoms with Gasteiger partial charge in [0, 0.05) is 105 Å². The van der Waals surface area contributed by atoms with Gasteiger partial charge in [-0.15, -0.1) is 0 Å². The van der Waals surface area contributed by atoms with Gasteiger partial charge in [0.1, 0.15) is 79.2 Å². The number of hydrogen-bond donors (Lipinski definition) is 22. The van der Waals surface area contributed by atoms with E-state index in [1.165, 1.54) is 37.6 Å². The van der Waals surface area contributed by atoms with E-state index >= 15 is 0 Å². The second-order valence-corrected chi connectivity index (χ2v) is 34.3. The topological polar surface area (TPSA) is 663 Å². The number of aliphatic carboxylic acids is 12. The van der Waals surface area contributed by atoms with Crippen molar-refractivity contribution in [3.63, 3.8) is 0 Å². The van der Waals surface area contributed by atoms with Gasteiger partial charge in [-0.3, -0.25) is 89.4 Å². The Kier molecular flexibility index (Phi) is 51.3. The van der Waals surface area contributed by atoms with Crippen molar-refractivity contribution in [3.8, 4) is 0 Å². The quantitative estimate of drug-likeness (QED) is 0.0171. The van der Waals surface area contributed by atoms with Crippen LogP contribution in [0.25, 0.3) is 0 Å². The lowest BCUT2D eigenvalue weighted by molar-refractivity contribution is -0.144. The maximum absolute atomic E-state index is 11.7. The Bertz CT molecular complexity index is 5270. The van der Waals surface area contributed by atoms with Crippen molar-refractivity contribution in [1.29, 1.82) is 0 Å².